The van der Waals surface area contributed by atoms with Crippen molar-refractivity contribution in [3.8, 4) is 11.5 Å². The molecule has 0 aromatic heterocycles. The maximum atomic E-state index is 9.97. The van der Waals surface area contributed by atoms with Crippen molar-refractivity contribution in [3.63, 3.8) is 0 Å². The number of benzene rings is 2. The van der Waals surface area contributed by atoms with Gasteiger partial charge in [0.05, 0.1) is 13.2 Å². The number of anilines is 2. The predicted molar refractivity (Wildman–Crippen MR) is 133 cm³/mol. The molecule has 0 amide bonds. The average molecular weight is 812 g/mol. The first kappa shape index (κ1) is 46.0. The number of aliphatic carboxylic acids is 4. The van der Waals surface area contributed by atoms with Gasteiger partial charge in [0.15, 0.2) is 0 Å². The Morgan fingerprint density at radius 3 is 1.02 bits per heavy atom. The second-order valence-corrected chi connectivity index (χ2v) is 6.97. The summed E-state index contributed by atoms with van der Waals surface area (Å²) in [5.41, 5.74) is 12.5. The van der Waals surface area contributed by atoms with Crippen molar-refractivity contribution in [2.24, 2.45) is 0 Å². The molecule has 0 heterocycles. The number of rotatable bonds is 10. The Labute approximate surface area is 278 Å². The molecule has 4 N–H and O–H groups in total. The number of ether oxygens (including phenoxy) is 2. The fraction of sp³-hybridized carbons (Fsp3) is 0.333. The zero-order valence-electron chi connectivity index (χ0n) is 24.1. The molecule has 16 nitrogen and oxygen atoms in total. The first-order chi connectivity index (χ1) is 18.6. The van der Waals surface area contributed by atoms with Gasteiger partial charge in [-0.2, -0.15) is 0 Å². The minimum Gasteiger partial charge on any atom is -0.848 e. The minimum atomic E-state index is -2.80. The van der Waals surface area contributed by atoms with Crippen LogP contribution in [0.4, 0.5) is 11.4 Å². The van der Waals surface area contributed by atoms with Crippen molar-refractivity contribution in [2.75, 3.05) is 24.7 Å². The average Bonchev–Trinajstić information content (AvgIpc) is 2.88. The normalized spacial score (nSPS) is 12.0. The van der Waals surface area contributed by atoms with Crippen LogP contribution in [0.25, 0.3) is 0 Å². The third kappa shape index (κ3) is 21.7. The largest absolute Gasteiger partial charge is 3.00 e. The molecule has 0 saturated carbocycles. The quantitative estimate of drug-likeness (QED) is 0.166. The fourth-order valence-corrected chi connectivity index (χ4v) is 2.04. The van der Waals surface area contributed by atoms with Gasteiger partial charge in [-0.1, -0.05) is 36.5 Å². The molecule has 4 atom stereocenters. The molecule has 0 aliphatic rings. The second-order valence-electron chi connectivity index (χ2n) is 6.97. The number of carbonyl (C=O) groups is 4. The van der Waals surface area contributed by atoms with Crippen LogP contribution >= 0.6 is 0 Å². The summed E-state index contributed by atoms with van der Waals surface area (Å²) in [6, 6.07) is 14.8. The molecule has 2 rings (SSSR count). The van der Waals surface area contributed by atoms with E-state index in [0.717, 1.165) is 22.9 Å². The molecule has 4 unspecified atom stereocenters. The van der Waals surface area contributed by atoms with Crippen LogP contribution < -0.4 is 61.8 Å². The van der Waals surface area contributed by atoms with Gasteiger partial charge in [-0.05, 0) is 38.1 Å². The van der Waals surface area contributed by atoms with Crippen molar-refractivity contribution in [1.82, 2.24) is 0 Å². The second kappa shape index (κ2) is 25.7. The number of nitrogens with two attached hydrogens (primary N) is 2. The molecular formula is C24H28N2O14Sb2. The zero-order chi connectivity index (χ0) is 31.4. The Bertz CT molecular complexity index is 969. The smallest absolute Gasteiger partial charge is 0.848 e. The molecule has 0 aliphatic carbocycles. The summed E-state index contributed by atoms with van der Waals surface area (Å²) < 4.78 is 10.4. The summed E-state index contributed by atoms with van der Waals surface area (Å²) in [7, 11) is 0. The van der Waals surface area contributed by atoms with E-state index in [0.29, 0.717) is 13.2 Å². The van der Waals surface area contributed by atoms with E-state index >= 15 is 0 Å². The number of hydrogen-bond donors (Lipinski definition) is 2. The van der Waals surface area contributed by atoms with Crippen molar-refractivity contribution in [1.29, 1.82) is 0 Å². The summed E-state index contributed by atoms with van der Waals surface area (Å²) in [5, 5.41) is 78.0. The van der Waals surface area contributed by atoms with Crippen LogP contribution in [0.2, 0.25) is 0 Å². The Morgan fingerprint density at radius 1 is 0.619 bits per heavy atom. The summed E-state index contributed by atoms with van der Waals surface area (Å²) in [6.45, 7) is 5.26. The predicted octanol–water partition coefficient (Wildman–Crippen LogP) is -9.31. The molecule has 18 heteroatoms. The van der Waals surface area contributed by atoms with Gasteiger partial charge in [0.25, 0.3) is 0 Å². The van der Waals surface area contributed by atoms with Crippen molar-refractivity contribution in [2.45, 2.75) is 38.3 Å². The van der Waals surface area contributed by atoms with Gasteiger partial charge in [0.1, 0.15) is 11.5 Å². The van der Waals surface area contributed by atoms with Crippen LogP contribution in [0.15, 0.2) is 48.5 Å². The van der Waals surface area contributed by atoms with Gasteiger partial charge in [-0.15, -0.1) is 0 Å². The number of nitrogen functional groups attached to an aromatic ring is 2. The number of carboxylic acids is 4. The minimum absolute atomic E-state index is 0. The first-order valence-electron chi connectivity index (χ1n) is 11.0. The van der Waals surface area contributed by atoms with E-state index in [2.05, 4.69) is 0 Å². The molecule has 0 fully saturated rings. The Morgan fingerprint density at radius 2 is 0.857 bits per heavy atom. The molecule has 2 aromatic rings. The third-order valence-corrected chi connectivity index (χ3v) is 3.82. The van der Waals surface area contributed by atoms with Gasteiger partial charge in [0, 0.05) is 47.4 Å². The van der Waals surface area contributed by atoms with Gasteiger partial charge in [0.2, 0.25) is 0 Å². The topological polar surface area (TPSA) is 323 Å². The Kier molecular flexibility index (Phi) is 28.1. The standard InChI is InChI=1S/2C8H11NO.2C4H4O6.2Sb/c2*1-2-10-8-5-3-4-7(9)6-8;2*5-1(3(7)8)2(6)4(9)10;;/h2*3-6H,2,9H2,1H3;2*1-2H,(H,7,8)(H,9,10);;/q;;2*-2;2*+3/p-2. The molecule has 0 bridgehead atoms. The Hall–Kier alpha value is -3.00. The first-order valence-corrected chi connectivity index (χ1v) is 11.0. The van der Waals surface area contributed by atoms with Crippen LogP contribution in [0.3, 0.4) is 0 Å². The summed E-state index contributed by atoms with van der Waals surface area (Å²) in [5.74, 6) is -7.26. The fourth-order valence-electron chi connectivity index (χ4n) is 2.04. The van der Waals surface area contributed by atoms with Crippen LogP contribution in [0, 0.1) is 0 Å². The Balaban J connectivity index is -0.000000106. The van der Waals surface area contributed by atoms with Crippen molar-refractivity contribution in [3.05, 3.63) is 48.5 Å². The molecular weight excluding hydrogens is 784 g/mol. The SMILES string of the molecule is CCOc1cccc(N)c1.CCOc1cccc(N)c1.O=C([O-])C([O-])C([O-])C(=O)[O-].O=C([O-])C([O-])C([O-])C(=O)[O-].[H+].[H+].[Sb+3].[Sb+3]. The monoisotopic (exact) mass is 810 g/mol. The summed E-state index contributed by atoms with van der Waals surface area (Å²) in [4.78, 5) is 38.1. The molecule has 0 saturated heterocycles. The van der Waals surface area contributed by atoms with Crippen LogP contribution in [-0.2, 0) is 19.2 Å². The van der Waals surface area contributed by atoms with Crippen LogP contribution in [0.5, 0.6) is 11.5 Å². The van der Waals surface area contributed by atoms with E-state index in [-0.39, 0.29) is 51.7 Å². The summed E-state index contributed by atoms with van der Waals surface area (Å²) in [6.07, 6.45) is -11.2. The van der Waals surface area contributed by atoms with Gasteiger partial charge < -0.3 is 81.0 Å². The molecule has 42 heavy (non-hydrogen) atoms. The van der Waals surface area contributed by atoms with E-state index in [1.165, 1.54) is 0 Å². The van der Waals surface area contributed by atoms with Crippen molar-refractivity contribution >= 4 is 84.1 Å². The van der Waals surface area contributed by atoms with Crippen molar-refractivity contribution < 1.29 is 72.4 Å². The van der Waals surface area contributed by atoms with E-state index in [4.69, 9.17) is 20.9 Å². The van der Waals surface area contributed by atoms with Gasteiger partial charge in [-0.3, -0.25) is 0 Å². The number of hydrogen-bond acceptors (Lipinski definition) is 16. The van der Waals surface area contributed by atoms with E-state index in [1.54, 1.807) is 0 Å². The molecule has 228 valence electrons. The zero-order valence-corrected chi connectivity index (χ0v) is 27.2. The van der Waals surface area contributed by atoms with Gasteiger partial charge >= 0.3 is 51.7 Å². The molecule has 2 aromatic carbocycles. The number of carbonyl (C=O) groups excluding carboxylic acids is 4. The molecule has 0 aliphatic heterocycles. The molecule has 0 spiro atoms. The van der Waals surface area contributed by atoms with Gasteiger partial charge in [-0.25, -0.2) is 0 Å². The van der Waals surface area contributed by atoms with Crippen LogP contribution in [-0.4, -0.2) is 110 Å². The summed E-state index contributed by atoms with van der Waals surface area (Å²) >= 11 is 0. The maximum absolute atomic E-state index is 9.97. The van der Waals surface area contributed by atoms with E-state index < -0.39 is 48.3 Å². The maximum Gasteiger partial charge on any atom is 3.00 e. The van der Waals surface area contributed by atoms with E-state index in [9.17, 15) is 60.0 Å². The third-order valence-electron chi connectivity index (χ3n) is 3.82. The van der Waals surface area contributed by atoms with E-state index in [1.807, 2.05) is 62.4 Å². The molecule has 4 radical (unpaired) electrons. The van der Waals surface area contributed by atoms with Crippen LogP contribution in [0.1, 0.15) is 16.7 Å². The number of carboxylic acid groups (broad SMARTS) is 4.